The molecule has 1 aliphatic heterocycles. The zero-order valence-electron chi connectivity index (χ0n) is 14.4. The highest BCUT2D eigenvalue weighted by Gasteiger charge is 2.23. The molecule has 3 rings (SSSR count). The van der Waals surface area contributed by atoms with E-state index in [0.717, 1.165) is 25.6 Å². The molecule has 2 aromatic rings. The van der Waals surface area contributed by atoms with Crippen LogP contribution in [0.5, 0.6) is 5.75 Å². The minimum Gasteiger partial charge on any atom is -0.482 e. The average molecular weight is 420 g/mol. The van der Waals surface area contributed by atoms with Crippen molar-refractivity contribution in [2.45, 2.75) is 13.5 Å². The van der Waals surface area contributed by atoms with Gasteiger partial charge >= 0.3 is 0 Å². The van der Waals surface area contributed by atoms with Crippen LogP contribution in [0.15, 0.2) is 30.6 Å². The van der Waals surface area contributed by atoms with E-state index >= 15 is 0 Å². The predicted octanol–water partition coefficient (Wildman–Crippen LogP) is 3.36. The van der Waals surface area contributed by atoms with Crippen molar-refractivity contribution < 1.29 is 9.53 Å². The highest BCUT2D eigenvalue weighted by atomic mass is 35.5. The summed E-state index contributed by atoms with van der Waals surface area (Å²) in [6, 6.07) is 4.94. The minimum absolute atomic E-state index is 0. The first kappa shape index (κ1) is 20.7. The van der Waals surface area contributed by atoms with E-state index in [1.54, 1.807) is 29.3 Å². The largest absolute Gasteiger partial charge is 0.482 e. The number of aryl methyl sites for hydroxylation is 1. The molecule has 9 heteroatoms. The third-order valence-electron chi connectivity index (χ3n) is 4.19. The Kier molecular flexibility index (Phi) is 7.43. The normalized spacial score (nSPS) is 14.1. The van der Waals surface area contributed by atoms with E-state index in [9.17, 15) is 4.79 Å². The lowest BCUT2D eigenvalue weighted by Gasteiger charge is -2.35. The highest BCUT2D eigenvalue weighted by molar-refractivity contribution is 6.35. The summed E-state index contributed by atoms with van der Waals surface area (Å²) in [7, 11) is 0. The molecule has 1 aromatic carbocycles. The van der Waals surface area contributed by atoms with Gasteiger partial charge in [-0.15, -0.1) is 12.4 Å². The van der Waals surface area contributed by atoms with Crippen LogP contribution in [-0.2, 0) is 11.3 Å². The lowest BCUT2D eigenvalue weighted by molar-refractivity contribution is -0.133. The summed E-state index contributed by atoms with van der Waals surface area (Å²) in [5.74, 6) is 1.37. The van der Waals surface area contributed by atoms with E-state index in [1.165, 1.54) is 0 Å². The molecule has 1 amide bonds. The van der Waals surface area contributed by atoms with Gasteiger partial charge in [0.25, 0.3) is 5.91 Å². The van der Waals surface area contributed by atoms with E-state index in [-0.39, 0.29) is 24.9 Å². The Balaban J connectivity index is 0.00000243. The maximum absolute atomic E-state index is 12.4. The van der Waals surface area contributed by atoms with E-state index in [1.807, 2.05) is 6.20 Å². The number of hydrogen-bond acceptors (Lipinski definition) is 4. The van der Waals surface area contributed by atoms with Gasteiger partial charge in [-0.25, -0.2) is 4.98 Å². The van der Waals surface area contributed by atoms with Gasteiger partial charge in [-0.05, 0) is 25.1 Å². The average Bonchev–Trinajstić information content (AvgIpc) is 3.09. The molecule has 0 radical (unpaired) electrons. The van der Waals surface area contributed by atoms with Crippen LogP contribution in [0.2, 0.25) is 10.0 Å². The zero-order chi connectivity index (χ0) is 17.8. The summed E-state index contributed by atoms with van der Waals surface area (Å²) in [6.07, 6.45) is 3.77. The van der Waals surface area contributed by atoms with E-state index < -0.39 is 0 Å². The molecule has 2 heterocycles. The molecule has 1 saturated heterocycles. The van der Waals surface area contributed by atoms with E-state index in [0.29, 0.717) is 28.9 Å². The molecule has 6 nitrogen and oxygen atoms in total. The zero-order valence-corrected chi connectivity index (χ0v) is 16.7. The molecular formula is C17H21Cl3N4O2. The van der Waals surface area contributed by atoms with Gasteiger partial charge < -0.3 is 19.1 Å². The van der Waals surface area contributed by atoms with Gasteiger partial charge in [0.15, 0.2) is 6.61 Å². The molecule has 1 aliphatic rings. The molecule has 0 saturated carbocycles. The number of halogens is 3. The molecule has 0 atom stereocenters. The van der Waals surface area contributed by atoms with Crippen molar-refractivity contribution >= 4 is 47.5 Å². The Morgan fingerprint density at radius 2 is 1.96 bits per heavy atom. The second kappa shape index (κ2) is 9.35. The van der Waals surface area contributed by atoms with Gasteiger partial charge in [0.05, 0.1) is 5.02 Å². The summed E-state index contributed by atoms with van der Waals surface area (Å²) in [4.78, 5) is 20.8. The second-order valence-electron chi connectivity index (χ2n) is 5.74. The van der Waals surface area contributed by atoms with Crippen molar-refractivity contribution in [3.05, 3.63) is 40.6 Å². The molecule has 26 heavy (non-hydrogen) atoms. The number of amides is 1. The van der Waals surface area contributed by atoms with Crippen molar-refractivity contribution in [2.75, 3.05) is 37.7 Å². The van der Waals surface area contributed by atoms with Gasteiger partial charge in [-0.3, -0.25) is 4.79 Å². The van der Waals surface area contributed by atoms with Crippen molar-refractivity contribution in [1.29, 1.82) is 0 Å². The quantitative estimate of drug-likeness (QED) is 0.746. The standard InChI is InChI=1S/C17H20Cl2N4O2.ClH/c1-2-21-6-5-20-17(21)23-9-7-22(8-10-23)16(24)12-25-15-4-3-13(18)11-14(15)19;/h3-6,11H,2,7-10,12H2,1H3;1H. The summed E-state index contributed by atoms with van der Waals surface area (Å²) in [5, 5.41) is 0.932. The Hall–Kier alpha value is -1.63. The van der Waals surface area contributed by atoms with Gasteiger partial charge in [0, 0.05) is 50.1 Å². The number of hydrogen-bond donors (Lipinski definition) is 0. The SMILES string of the molecule is CCn1ccnc1N1CCN(C(=O)COc2ccc(Cl)cc2Cl)CC1.Cl. The first-order valence-corrected chi connectivity index (χ1v) is 8.95. The monoisotopic (exact) mass is 418 g/mol. The molecule has 142 valence electrons. The molecule has 0 aliphatic carbocycles. The molecule has 0 unspecified atom stereocenters. The number of aromatic nitrogens is 2. The number of carbonyl (C=O) groups excluding carboxylic acids is 1. The second-order valence-corrected chi connectivity index (χ2v) is 6.59. The topological polar surface area (TPSA) is 50.6 Å². The minimum atomic E-state index is -0.0514. The first-order chi connectivity index (χ1) is 12.1. The Bertz CT molecular complexity index is 745. The van der Waals surface area contributed by atoms with Gasteiger partial charge in [0.2, 0.25) is 5.95 Å². The Morgan fingerprint density at radius 1 is 1.23 bits per heavy atom. The van der Waals surface area contributed by atoms with Crippen LogP contribution in [0.25, 0.3) is 0 Å². The lowest BCUT2D eigenvalue weighted by atomic mass is 10.3. The van der Waals surface area contributed by atoms with E-state index in [2.05, 4.69) is 21.4 Å². The van der Waals surface area contributed by atoms with Crippen LogP contribution in [0.3, 0.4) is 0 Å². The molecule has 0 spiro atoms. The van der Waals surface area contributed by atoms with Crippen LogP contribution in [-0.4, -0.2) is 53.1 Å². The maximum atomic E-state index is 12.4. The summed E-state index contributed by atoms with van der Waals surface area (Å²) in [5.41, 5.74) is 0. The highest BCUT2D eigenvalue weighted by Crippen LogP contribution is 2.27. The van der Waals surface area contributed by atoms with Crippen molar-refractivity contribution in [2.24, 2.45) is 0 Å². The molecular weight excluding hydrogens is 399 g/mol. The van der Waals surface area contributed by atoms with Crippen molar-refractivity contribution in [3.63, 3.8) is 0 Å². The van der Waals surface area contributed by atoms with Crippen LogP contribution >= 0.6 is 35.6 Å². The maximum Gasteiger partial charge on any atom is 0.260 e. The number of ether oxygens (including phenoxy) is 1. The number of anilines is 1. The third-order valence-corrected chi connectivity index (χ3v) is 4.72. The summed E-state index contributed by atoms with van der Waals surface area (Å²) >= 11 is 11.9. The number of rotatable bonds is 5. The fourth-order valence-corrected chi connectivity index (χ4v) is 3.27. The third kappa shape index (κ3) is 4.75. The molecule has 1 fully saturated rings. The summed E-state index contributed by atoms with van der Waals surface area (Å²) in [6.45, 7) is 5.73. The van der Waals surface area contributed by atoms with Crippen LogP contribution in [0.4, 0.5) is 5.95 Å². The van der Waals surface area contributed by atoms with Gasteiger partial charge in [-0.2, -0.15) is 0 Å². The van der Waals surface area contributed by atoms with Gasteiger partial charge in [0.1, 0.15) is 5.75 Å². The van der Waals surface area contributed by atoms with Crippen LogP contribution in [0, 0.1) is 0 Å². The lowest BCUT2D eigenvalue weighted by Crippen LogP contribution is -2.50. The fourth-order valence-electron chi connectivity index (χ4n) is 2.81. The molecule has 0 bridgehead atoms. The summed E-state index contributed by atoms with van der Waals surface area (Å²) < 4.78 is 7.63. The smallest absolute Gasteiger partial charge is 0.260 e. The number of nitrogens with zero attached hydrogens (tertiary/aromatic N) is 4. The van der Waals surface area contributed by atoms with Crippen LogP contribution in [0.1, 0.15) is 6.92 Å². The number of carbonyl (C=O) groups is 1. The van der Waals surface area contributed by atoms with Crippen molar-refractivity contribution in [3.8, 4) is 5.75 Å². The fraction of sp³-hybridized carbons (Fsp3) is 0.412. The number of benzene rings is 1. The number of imidazole rings is 1. The van der Waals surface area contributed by atoms with E-state index in [4.69, 9.17) is 27.9 Å². The van der Waals surface area contributed by atoms with Gasteiger partial charge in [-0.1, -0.05) is 23.2 Å². The molecule has 0 N–H and O–H groups in total. The Labute approximate surface area is 169 Å². The van der Waals surface area contributed by atoms with Crippen LogP contribution < -0.4 is 9.64 Å². The number of piperazine rings is 1. The predicted molar refractivity (Wildman–Crippen MR) is 106 cm³/mol. The Morgan fingerprint density at radius 3 is 2.62 bits per heavy atom. The van der Waals surface area contributed by atoms with Crippen molar-refractivity contribution in [1.82, 2.24) is 14.5 Å². The first-order valence-electron chi connectivity index (χ1n) is 8.20. The molecule has 1 aromatic heterocycles.